The van der Waals surface area contributed by atoms with Crippen LogP contribution in [0.15, 0.2) is 22.7 Å². The number of aromatic carboxylic acids is 1. The van der Waals surface area contributed by atoms with Crippen LogP contribution in [-0.2, 0) is 12.8 Å². The molecule has 98 valence electrons. The lowest BCUT2D eigenvalue weighted by atomic mass is 9.90. The van der Waals surface area contributed by atoms with Crippen LogP contribution in [0, 0.1) is 0 Å². The molecule has 4 nitrogen and oxygen atoms in total. The van der Waals surface area contributed by atoms with Gasteiger partial charge in [-0.2, -0.15) is 5.10 Å². The van der Waals surface area contributed by atoms with Gasteiger partial charge in [-0.15, -0.1) is 0 Å². The second-order valence-corrected chi connectivity index (χ2v) is 5.55. The summed E-state index contributed by atoms with van der Waals surface area (Å²) >= 11 is 3.31. The van der Waals surface area contributed by atoms with Crippen LogP contribution in [0.1, 0.15) is 34.5 Å². The summed E-state index contributed by atoms with van der Waals surface area (Å²) in [6.07, 6.45) is 4.70. The third-order valence-electron chi connectivity index (χ3n) is 3.54. The van der Waals surface area contributed by atoms with Crippen molar-refractivity contribution >= 4 is 21.9 Å². The number of rotatable bonds is 2. The first-order valence-corrected chi connectivity index (χ1v) is 7.05. The van der Waals surface area contributed by atoms with Crippen molar-refractivity contribution in [2.24, 2.45) is 0 Å². The normalized spacial score (nSPS) is 14.2. The average Bonchev–Trinajstić information content (AvgIpc) is 2.80. The van der Waals surface area contributed by atoms with Crippen molar-refractivity contribution in [3.63, 3.8) is 0 Å². The average molecular weight is 321 g/mol. The van der Waals surface area contributed by atoms with E-state index in [0.717, 1.165) is 18.4 Å². The molecule has 0 saturated heterocycles. The molecule has 2 N–H and O–H groups in total. The zero-order valence-corrected chi connectivity index (χ0v) is 11.8. The summed E-state index contributed by atoms with van der Waals surface area (Å²) in [7, 11) is 0. The summed E-state index contributed by atoms with van der Waals surface area (Å²) in [5, 5.41) is 15.7. The minimum absolute atomic E-state index is 0.0905. The van der Waals surface area contributed by atoms with Gasteiger partial charge in [0, 0.05) is 5.56 Å². The van der Waals surface area contributed by atoms with Crippen molar-refractivity contribution in [3.8, 4) is 11.3 Å². The maximum atomic E-state index is 11.0. The summed E-state index contributed by atoms with van der Waals surface area (Å²) in [6, 6.07) is 6.27. The molecule has 1 aromatic carbocycles. The highest BCUT2D eigenvalue weighted by Crippen LogP contribution is 2.32. The van der Waals surface area contributed by atoms with Crippen molar-refractivity contribution in [3.05, 3.63) is 39.5 Å². The Balaban J connectivity index is 2.05. The molecule has 0 fully saturated rings. The zero-order chi connectivity index (χ0) is 13.4. The molecule has 3 rings (SSSR count). The first-order valence-electron chi connectivity index (χ1n) is 6.26. The Morgan fingerprint density at radius 3 is 2.68 bits per heavy atom. The quantitative estimate of drug-likeness (QED) is 0.891. The molecule has 0 saturated carbocycles. The van der Waals surface area contributed by atoms with Gasteiger partial charge in [-0.3, -0.25) is 5.10 Å². The van der Waals surface area contributed by atoms with Gasteiger partial charge in [0.25, 0.3) is 0 Å². The molecule has 0 bridgehead atoms. The van der Waals surface area contributed by atoms with Crippen molar-refractivity contribution in [1.29, 1.82) is 0 Å². The molecule has 0 spiro atoms. The second kappa shape index (κ2) is 4.81. The Labute approximate surface area is 119 Å². The molecule has 1 aromatic heterocycles. The number of carbonyl (C=O) groups is 1. The number of carboxylic acids is 1. The first kappa shape index (κ1) is 12.4. The van der Waals surface area contributed by atoms with Gasteiger partial charge in [0.2, 0.25) is 0 Å². The lowest BCUT2D eigenvalue weighted by Crippen LogP contribution is -2.02. The van der Waals surface area contributed by atoms with E-state index in [1.54, 1.807) is 0 Å². The van der Waals surface area contributed by atoms with E-state index in [-0.39, 0.29) is 5.69 Å². The molecule has 0 radical (unpaired) electrons. The predicted octanol–water partition coefficient (Wildman–Crippen LogP) is 3.42. The van der Waals surface area contributed by atoms with Crippen LogP contribution in [0.4, 0.5) is 0 Å². The van der Waals surface area contributed by atoms with Crippen molar-refractivity contribution < 1.29 is 9.90 Å². The summed E-state index contributed by atoms with van der Waals surface area (Å²) in [5.41, 5.74) is 4.46. The van der Waals surface area contributed by atoms with Crippen molar-refractivity contribution in [2.75, 3.05) is 0 Å². The molecule has 1 heterocycles. The molecule has 0 unspecified atom stereocenters. The Hall–Kier alpha value is -1.62. The highest BCUT2D eigenvalue weighted by atomic mass is 79.9. The van der Waals surface area contributed by atoms with Crippen LogP contribution in [0.2, 0.25) is 0 Å². The smallest absolute Gasteiger partial charge is 0.355 e. The van der Waals surface area contributed by atoms with Gasteiger partial charge >= 0.3 is 5.97 Å². The lowest BCUT2D eigenvalue weighted by Gasteiger charge is -2.16. The van der Waals surface area contributed by atoms with E-state index in [0.29, 0.717) is 10.2 Å². The number of aromatic nitrogens is 2. The van der Waals surface area contributed by atoms with Gasteiger partial charge in [-0.05, 0) is 58.8 Å². The number of hydrogen-bond acceptors (Lipinski definition) is 2. The number of benzene rings is 1. The summed E-state index contributed by atoms with van der Waals surface area (Å²) in [5.74, 6) is -1.01. The van der Waals surface area contributed by atoms with E-state index in [1.165, 1.54) is 24.0 Å². The standard InChI is InChI=1S/C14H13BrN2O2/c15-11-12(16-17-13(11)14(18)19)10-6-5-8-3-1-2-4-9(8)7-10/h5-7H,1-4H2,(H,16,17)(H,18,19). The van der Waals surface area contributed by atoms with Crippen molar-refractivity contribution in [1.82, 2.24) is 10.2 Å². The molecule has 5 heteroatoms. The van der Waals surface area contributed by atoms with Gasteiger partial charge in [-0.25, -0.2) is 4.79 Å². The lowest BCUT2D eigenvalue weighted by molar-refractivity contribution is 0.0689. The van der Waals surface area contributed by atoms with Gasteiger partial charge in [-0.1, -0.05) is 12.1 Å². The predicted molar refractivity (Wildman–Crippen MR) is 75.3 cm³/mol. The fourth-order valence-electron chi connectivity index (χ4n) is 2.54. The maximum absolute atomic E-state index is 11.0. The van der Waals surface area contributed by atoms with E-state index in [9.17, 15) is 4.79 Å². The maximum Gasteiger partial charge on any atom is 0.355 e. The Bertz CT molecular complexity index is 649. The summed E-state index contributed by atoms with van der Waals surface area (Å²) in [4.78, 5) is 11.0. The van der Waals surface area contributed by atoms with E-state index in [2.05, 4.69) is 38.3 Å². The van der Waals surface area contributed by atoms with E-state index < -0.39 is 5.97 Å². The Morgan fingerprint density at radius 2 is 2.00 bits per heavy atom. The van der Waals surface area contributed by atoms with Crippen LogP contribution < -0.4 is 0 Å². The number of aryl methyl sites for hydroxylation is 2. The van der Waals surface area contributed by atoms with Crippen molar-refractivity contribution in [2.45, 2.75) is 25.7 Å². The molecule has 19 heavy (non-hydrogen) atoms. The van der Waals surface area contributed by atoms with E-state index >= 15 is 0 Å². The van der Waals surface area contributed by atoms with Crippen LogP contribution in [0.5, 0.6) is 0 Å². The van der Waals surface area contributed by atoms with E-state index in [4.69, 9.17) is 5.11 Å². The zero-order valence-electron chi connectivity index (χ0n) is 10.2. The monoisotopic (exact) mass is 320 g/mol. The molecule has 2 aromatic rings. The minimum Gasteiger partial charge on any atom is -0.476 e. The van der Waals surface area contributed by atoms with Gasteiger partial charge < -0.3 is 5.11 Å². The minimum atomic E-state index is -1.01. The third-order valence-corrected chi connectivity index (χ3v) is 4.31. The first-order chi connectivity index (χ1) is 9.16. The molecule has 1 aliphatic carbocycles. The largest absolute Gasteiger partial charge is 0.476 e. The number of nitrogens with zero attached hydrogens (tertiary/aromatic N) is 1. The van der Waals surface area contributed by atoms with Crippen LogP contribution in [0.3, 0.4) is 0 Å². The Morgan fingerprint density at radius 1 is 1.26 bits per heavy atom. The fourth-order valence-corrected chi connectivity index (χ4v) is 3.12. The highest BCUT2D eigenvalue weighted by molar-refractivity contribution is 9.10. The fraction of sp³-hybridized carbons (Fsp3) is 0.286. The number of carboxylic acid groups (broad SMARTS) is 1. The summed E-state index contributed by atoms with van der Waals surface area (Å²) < 4.78 is 0.510. The number of halogens is 1. The molecule has 0 amide bonds. The van der Waals surface area contributed by atoms with E-state index in [1.807, 2.05) is 6.07 Å². The third kappa shape index (κ3) is 2.18. The molecular formula is C14H13BrN2O2. The second-order valence-electron chi connectivity index (χ2n) is 4.76. The molecule has 0 atom stereocenters. The number of nitrogens with one attached hydrogen (secondary N) is 1. The number of aromatic amines is 1. The molecule has 0 aliphatic heterocycles. The highest BCUT2D eigenvalue weighted by Gasteiger charge is 2.18. The topological polar surface area (TPSA) is 66.0 Å². The van der Waals surface area contributed by atoms with Gasteiger partial charge in [0.1, 0.15) is 5.69 Å². The summed E-state index contributed by atoms with van der Waals surface area (Å²) in [6.45, 7) is 0. The number of hydrogen-bond donors (Lipinski definition) is 2. The Kier molecular flexibility index (Phi) is 3.14. The number of H-pyrrole nitrogens is 1. The van der Waals surface area contributed by atoms with Crippen LogP contribution >= 0.6 is 15.9 Å². The van der Waals surface area contributed by atoms with Gasteiger partial charge in [0.05, 0.1) is 4.47 Å². The van der Waals surface area contributed by atoms with Crippen LogP contribution in [-0.4, -0.2) is 21.3 Å². The van der Waals surface area contributed by atoms with Crippen LogP contribution in [0.25, 0.3) is 11.3 Å². The van der Waals surface area contributed by atoms with Gasteiger partial charge in [0.15, 0.2) is 5.69 Å². The molecule has 1 aliphatic rings. The SMILES string of the molecule is O=C(O)c1[nH]nc(-c2ccc3c(c2)CCCC3)c1Br. The molecular weight excluding hydrogens is 308 g/mol. The number of fused-ring (bicyclic) bond motifs is 1.